The lowest BCUT2D eigenvalue weighted by Gasteiger charge is -2.06. The van der Waals surface area contributed by atoms with Crippen molar-refractivity contribution >= 4 is 10.9 Å². The van der Waals surface area contributed by atoms with E-state index in [0.29, 0.717) is 6.61 Å². The minimum Gasteiger partial charge on any atom is -0.304 e. The quantitative estimate of drug-likeness (QED) is 0.774. The van der Waals surface area contributed by atoms with E-state index in [0.717, 1.165) is 11.2 Å². The van der Waals surface area contributed by atoms with Gasteiger partial charge in [0.2, 0.25) is 0 Å². The average Bonchev–Trinajstić information content (AvgIpc) is 2.58. The predicted molar refractivity (Wildman–Crippen MR) is 59.3 cm³/mol. The van der Waals surface area contributed by atoms with Crippen molar-refractivity contribution in [2.75, 3.05) is 6.61 Å². The number of hydrogen-bond donors (Lipinski definition) is 1. The molecular formula is C11H15N3O. The van der Waals surface area contributed by atoms with Crippen LogP contribution in [-0.2, 0) is 11.9 Å². The summed E-state index contributed by atoms with van der Waals surface area (Å²) >= 11 is 0. The molecule has 4 heteroatoms. The molecule has 0 bridgehead atoms. The third-order valence-corrected chi connectivity index (χ3v) is 2.60. The molecule has 1 aromatic heterocycles. The maximum Gasteiger partial charge on any atom is 0.0761 e. The molecule has 1 atom stereocenters. The molecule has 0 fully saturated rings. The predicted octanol–water partition coefficient (Wildman–Crippen LogP) is 1.57. The Morgan fingerprint density at radius 3 is 2.93 bits per heavy atom. The lowest BCUT2D eigenvalue weighted by molar-refractivity contribution is 0.126. The Kier molecular flexibility index (Phi) is 2.70. The van der Waals surface area contributed by atoms with Gasteiger partial charge in [0.25, 0.3) is 0 Å². The fourth-order valence-corrected chi connectivity index (χ4v) is 1.83. The number of para-hydroxylation sites is 1. The van der Waals surface area contributed by atoms with Gasteiger partial charge in [-0.15, -0.1) is 0 Å². The maximum atomic E-state index is 5.08. The van der Waals surface area contributed by atoms with Crippen molar-refractivity contribution < 1.29 is 4.84 Å². The topological polar surface area (TPSA) is 53.1 Å². The first-order valence-electron chi connectivity index (χ1n) is 4.97. The van der Waals surface area contributed by atoms with Gasteiger partial charge in [0, 0.05) is 18.4 Å². The highest BCUT2D eigenvalue weighted by Gasteiger charge is 2.14. The fourth-order valence-electron chi connectivity index (χ4n) is 1.83. The van der Waals surface area contributed by atoms with Crippen LogP contribution in [0, 0.1) is 0 Å². The molecule has 0 radical (unpaired) electrons. The van der Waals surface area contributed by atoms with Crippen molar-refractivity contribution in [1.82, 2.24) is 9.78 Å². The molecule has 15 heavy (non-hydrogen) atoms. The molecule has 0 amide bonds. The van der Waals surface area contributed by atoms with E-state index in [1.807, 2.05) is 23.9 Å². The summed E-state index contributed by atoms with van der Waals surface area (Å²) in [5.74, 6) is 5.29. The summed E-state index contributed by atoms with van der Waals surface area (Å²) in [7, 11) is 1.95. The highest BCUT2D eigenvalue weighted by molar-refractivity contribution is 5.82. The highest BCUT2D eigenvalue weighted by Crippen LogP contribution is 2.24. The summed E-state index contributed by atoms with van der Waals surface area (Å²) in [6.45, 7) is 2.54. The van der Waals surface area contributed by atoms with Crippen molar-refractivity contribution in [1.29, 1.82) is 0 Å². The van der Waals surface area contributed by atoms with Crippen LogP contribution in [-0.4, -0.2) is 16.4 Å². The first-order chi connectivity index (χ1) is 7.24. The van der Waals surface area contributed by atoms with Gasteiger partial charge in [0.15, 0.2) is 0 Å². The normalized spacial score (nSPS) is 13.3. The van der Waals surface area contributed by atoms with Crippen LogP contribution in [0.15, 0.2) is 24.3 Å². The largest absolute Gasteiger partial charge is 0.304 e. The van der Waals surface area contributed by atoms with E-state index in [9.17, 15) is 0 Å². The second-order valence-electron chi connectivity index (χ2n) is 3.76. The Labute approximate surface area is 88.6 Å². The van der Waals surface area contributed by atoms with E-state index in [2.05, 4.69) is 29.0 Å². The summed E-state index contributed by atoms with van der Waals surface area (Å²) < 4.78 is 1.89. The van der Waals surface area contributed by atoms with E-state index in [1.165, 1.54) is 5.39 Å². The highest BCUT2D eigenvalue weighted by atomic mass is 16.6. The summed E-state index contributed by atoms with van der Waals surface area (Å²) in [5.41, 5.74) is 2.18. The van der Waals surface area contributed by atoms with Gasteiger partial charge in [-0.25, -0.2) is 5.90 Å². The van der Waals surface area contributed by atoms with Crippen molar-refractivity contribution in [3.05, 3.63) is 30.0 Å². The molecule has 2 aromatic rings. The lowest BCUT2D eigenvalue weighted by atomic mass is 10.1. The van der Waals surface area contributed by atoms with Crippen LogP contribution in [0.5, 0.6) is 0 Å². The Bertz CT molecular complexity index is 464. The van der Waals surface area contributed by atoms with E-state index in [1.54, 1.807) is 0 Å². The third kappa shape index (κ3) is 1.73. The number of aryl methyl sites for hydroxylation is 1. The number of rotatable bonds is 3. The molecule has 2 N–H and O–H groups in total. The number of aromatic nitrogens is 2. The Morgan fingerprint density at radius 2 is 2.20 bits per heavy atom. The van der Waals surface area contributed by atoms with E-state index >= 15 is 0 Å². The zero-order valence-corrected chi connectivity index (χ0v) is 8.97. The molecule has 0 aliphatic carbocycles. The fraction of sp³-hybridized carbons (Fsp3) is 0.364. The second-order valence-corrected chi connectivity index (χ2v) is 3.76. The van der Waals surface area contributed by atoms with Crippen LogP contribution in [0.2, 0.25) is 0 Å². The molecule has 0 spiro atoms. The number of hydrogen-bond acceptors (Lipinski definition) is 3. The summed E-state index contributed by atoms with van der Waals surface area (Å²) in [6, 6.07) is 8.16. The molecule has 1 aromatic carbocycles. The van der Waals surface area contributed by atoms with E-state index < -0.39 is 0 Å². The van der Waals surface area contributed by atoms with Crippen LogP contribution in [0.4, 0.5) is 0 Å². The van der Waals surface area contributed by atoms with Crippen molar-refractivity contribution in [2.45, 2.75) is 12.8 Å². The van der Waals surface area contributed by atoms with Crippen molar-refractivity contribution in [3.8, 4) is 0 Å². The minimum absolute atomic E-state index is 0.209. The van der Waals surface area contributed by atoms with Crippen LogP contribution in [0.25, 0.3) is 10.9 Å². The first-order valence-corrected chi connectivity index (χ1v) is 4.97. The van der Waals surface area contributed by atoms with Gasteiger partial charge in [0.05, 0.1) is 17.8 Å². The maximum absolute atomic E-state index is 5.08. The Morgan fingerprint density at radius 1 is 1.47 bits per heavy atom. The molecule has 0 saturated carbocycles. The van der Waals surface area contributed by atoms with Crippen LogP contribution < -0.4 is 5.90 Å². The van der Waals surface area contributed by atoms with E-state index in [-0.39, 0.29) is 5.92 Å². The van der Waals surface area contributed by atoms with Crippen LogP contribution in [0.3, 0.4) is 0 Å². The Balaban J connectivity index is 2.52. The SMILES string of the molecule is CC(CON)c1nn(C)c2ccccc12. The summed E-state index contributed by atoms with van der Waals surface area (Å²) in [5, 5.41) is 5.66. The molecule has 0 aliphatic heterocycles. The molecule has 80 valence electrons. The smallest absolute Gasteiger partial charge is 0.0761 e. The molecule has 0 aliphatic rings. The molecule has 4 nitrogen and oxygen atoms in total. The molecule has 0 saturated heterocycles. The zero-order valence-electron chi connectivity index (χ0n) is 8.97. The molecule has 1 heterocycles. The number of benzene rings is 1. The molecule has 1 unspecified atom stereocenters. The third-order valence-electron chi connectivity index (χ3n) is 2.60. The van der Waals surface area contributed by atoms with Crippen LogP contribution >= 0.6 is 0 Å². The van der Waals surface area contributed by atoms with Crippen LogP contribution in [0.1, 0.15) is 18.5 Å². The second kappa shape index (κ2) is 4.00. The zero-order chi connectivity index (χ0) is 10.8. The van der Waals surface area contributed by atoms with Gasteiger partial charge >= 0.3 is 0 Å². The van der Waals surface area contributed by atoms with Gasteiger partial charge < -0.3 is 4.84 Å². The number of nitrogens with zero attached hydrogens (tertiary/aromatic N) is 2. The van der Waals surface area contributed by atoms with Gasteiger partial charge in [-0.05, 0) is 6.07 Å². The lowest BCUT2D eigenvalue weighted by Crippen LogP contribution is -2.09. The van der Waals surface area contributed by atoms with Gasteiger partial charge in [-0.1, -0.05) is 25.1 Å². The molecular weight excluding hydrogens is 190 g/mol. The number of fused-ring (bicyclic) bond motifs is 1. The van der Waals surface area contributed by atoms with Gasteiger partial charge in [0.1, 0.15) is 0 Å². The standard InChI is InChI=1S/C11H15N3O/c1-8(7-15-12)11-9-5-3-4-6-10(9)14(2)13-11/h3-6,8H,7,12H2,1-2H3. The Hall–Kier alpha value is -1.39. The monoisotopic (exact) mass is 205 g/mol. The molecule has 2 rings (SSSR count). The number of nitrogens with two attached hydrogens (primary N) is 1. The van der Waals surface area contributed by atoms with Gasteiger partial charge in [-0.2, -0.15) is 5.10 Å². The summed E-state index contributed by atoms with van der Waals surface area (Å²) in [6.07, 6.45) is 0. The van der Waals surface area contributed by atoms with Crippen molar-refractivity contribution in [2.24, 2.45) is 12.9 Å². The van der Waals surface area contributed by atoms with E-state index in [4.69, 9.17) is 5.90 Å². The minimum atomic E-state index is 0.209. The van der Waals surface area contributed by atoms with Gasteiger partial charge in [-0.3, -0.25) is 4.68 Å². The first kappa shape index (κ1) is 10.1. The average molecular weight is 205 g/mol. The summed E-state index contributed by atoms with van der Waals surface area (Å²) in [4.78, 5) is 4.67. The van der Waals surface area contributed by atoms with Crippen molar-refractivity contribution in [3.63, 3.8) is 0 Å².